The van der Waals surface area contributed by atoms with Gasteiger partial charge in [0, 0.05) is 31.1 Å². The summed E-state index contributed by atoms with van der Waals surface area (Å²) in [5.41, 5.74) is -0.702. The van der Waals surface area contributed by atoms with Gasteiger partial charge >= 0.3 is 6.09 Å². The lowest BCUT2D eigenvalue weighted by Crippen LogP contribution is -2.63. The molecule has 2 fully saturated rings. The maximum Gasteiger partial charge on any atom is 0.410 e. The number of carbonyl (C=O) groups is 1. The summed E-state index contributed by atoms with van der Waals surface area (Å²) in [6, 6.07) is -0.385. The number of aryl methyl sites for hydroxylation is 1. The van der Waals surface area contributed by atoms with Crippen LogP contribution in [-0.4, -0.2) is 56.8 Å². The second-order valence-electron chi connectivity index (χ2n) is 8.16. The van der Waals surface area contributed by atoms with Crippen molar-refractivity contribution in [3.63, 3.8) is 0 Å². The van der Waals surface area contributed by atoms with Crippen LogP contribution in [0.25, 0.3) is 0 Å². The van der Waals surface area contributed by atoms with Gasteiger partial charge in [0.2, 0.25) is 0 Å². The summed E-state index contributed by atoms with van der Waals surface area (Å²) in [6.07, 6.45) is 5.19. The molecule has 25 heavy (non-hydrogen) atoms. The lowest BCUT2D eigenvalue weighted by Gasteiger charge is -2.51. The highest BCUT2D eigenvalue weighted by Crippen LogP contribution is 2.41. The van der Waals surface area contributed by atoms with Crippen molar-refractivity contribution < 1.29 is 19.4 Å². The fourth-order valence-electron chi connectivity index (χ4n) is 3.78. The number of morpholine rings is 1. The number of ether oxygens (including phenoxy) is 2. The van der Waals surface area contributed by atoms with Crippen molar-refractivity contribution in [1.29, 1.82) is 0 Å². The predicted molar refractivity (Wildman–Crippen MR) is 92.1 cm³/mol. The highest BCUT2D eigenvalue weighted by molar-refractivity contribution is 5.69. The Hall–Kier alpha value is -1.60. The summed E-state index contributed by atoms with van der Waals surface area (Å²) < 4.78 is 13.1. The van der Waals surface area contributed by atoms with Crippen LogP contribution in [0.1, 0.15) is 52.5 Å². The van der Waals surface area contributed by atoms with Crippen molar-refractivity contribution in [2.24, 2.45) is 0 Å². The van der Waals surface area contributed by atoms with E-state index in [1.54, 1.807) is 11.1 Å². The van der Waals surface area contributed by atoms with Gasteiger partial charge in [0.1, 0.15) is 5.60 Å². The Labute approximate surface area is 148 Å². The Balaban J connectivity index is 1.79. The molecule has 3 rings (SSSR count). The molecule has 2 atom stereocenters. The fraction of sp³-hybridized carbons (Fsp3) is 0.778. The van der Waals surface area contributed by atoms with Crippen LogP contribution in [0.15, 0.2) is 12.4 Å². The molecule has 2 aliphatic heterocycles. The first kappa shape index (κ1) is 18.2. The Bertz CT molecular complexity index is 608. The molecule has 2 bridgehead atoms. The molecule has 1 aromatic rings. The SMILES string of the molecule is CCCn1cc(C2(O)CC3COCC(C2)N3C(=O)OC(C)(C)C)cn1. The second-order valence-corrected chi connectivity index (χ2v) is 8.16. The predicted octanol–water partition coefficient (Wildman–Crippen LogP) is 2.28. The second kappa shape index (κ2) is 6.61. The van der Waals surface area contributed by atoms with E-state index in [2.05, 4.69) is 12.0 Å². The van der Waals surface area contributed by atoms with Gasteiger partial charge < -0.3 is 14.6 Å². The van der Waals surface area contributed by atoms with E-state index < -0.39 is 11.2 Å². The molecule has 0 saturated carbocycles. The molecule has 0 aromatic carbocycles. The minimum absolute atomic E-state index is 0.193. The molecule has 2 saturated heterocycles. The van der Waals surface area contributed by atoms with Crippen LogP contribution in [0, 0.1) is 0 Å². The summed E-state index contributed by atoms with van der Waals surface area (Å²) in [5.74, 6) is 0. The van der Waals surface area contributed by atoms with Gasteiger partial charge in [-0.1, -0.05) is 6.92 Å². The molecule has 7 heteroatoms. The average Bonchev–Trinajstić information content (AvgIpc) is 2.94. The highest BCUT2D eigenvalue weighted by Gasteiger charge is 2.50. The van der Waals surface area contributed by atoms with Crippen molar-refractivity contribution in [2.45, 2.75) is 76.8 Å². The molecule has 0 spiro atoms. The summed E-state index contributed by atoms with van der Waals surface area (Å²) in [6.45, 7) is 9.34. The van der Waals surface area contributed by atoms with Crippen molar-refractivity contribution in [3.05, 3.63) is 18.0 Å². The number of rotatable bonds is 3. The van der Waals surface area contributed by atoms with Gasteiger partial charge in [-0.3, -0.25) is 9.58 Å². The third-order valence-corrected chi connectivity index (χ3v) is 4.78. The summed E-state index contributed by atoms with van der Waals surface area (Å²) in [4.78, 5) is 14.4. The van der Waals surface area contributed by atoms with Gasteiger partial charge in [0.05, 0.1) is 37.1 Å². The Kier molecular flexibility index (Phi) is 4.81. The largest absolute Gasteiger partial charge is 0.444 e. The van der Waals surface area contributed by atoms with Crippen LogP contribution < -0.4 is 0 Å². The molecular weight excluding hydrogens is 322 g/mol. The molecule has 2 unspecified atom stereocenters. The zero-order chi connectivity index (χ0) is 18.2. The molecule has 0 aliphatic carbocycles. The topological polar surface area (TPSA) is 76.8 Å². The minimum atomic E-state index is -0.983. The lowest BCUT2D eigenvalue weighted by atomic mass is 9.78. The normalized spacial score (nSPS) is 29.6. The first-order valence-electron chi connectivity index (χ1n) is 9.06. The number of nitrogens with zero attached hydrogens (tertiary/aromatic N) is 3. The van der Waals surface area contributed by atoms with Crippen LogP contribution in [0.2, 0.25) is 0 Å². The van der Waals surface area contributed by atoms with Crippen LogP contribution in [0.5, 0.6) is 0 Å². The van der Waals surface area contributed by atoms with E-state index in [0.717, 1.165) is 18.5 Å². The molecule has 1 amide bonds. The smallest absolute Gasteiger partial charge is 0.410 e. The van der Waals surface area contributed by atoms with Crippen molar-refractivity contribution in [1.82, 2.24) is 14.7 Å². The Morgan fingerprint density at radius 1 is 1.40 bits per heavy atom. The van der Waals surface area contributed by atoms with Gasteiger partial charge in [-0.15, -0.1) is 0 Å². The zero-order valence-corrected chi connectivity index (χ0v) is 15.6. The van der Waals surface area contributed by atoms with E-state index in [9.17, 15) is 9.90 Å². The number of piperidine rings is 1. The monoisotopic (exact) mass is 351 g/mol. The van der Waals surface area contributed by atoms with E-state index in [1.807, 2.05) is 31.6 Å². The van der Waals surface area contributed by atoms with Crippen molar-refractivity contribution in [2.75, 3.05) is 13.2 Å². The van der Waals surface area contributed by atoms with Gasteiger partial charge in [-0.25, -0.2) is 4.79 Å². The molecule has 7 nitrogen and oxygen atoms in total. The third kappa shape index (κ3) is 3.82. The molecule has 1 aromatic heterocycles. The van der Waals surface area contributed by atoms with Gasteiger partial charge in [-0.05, 0) is 27.2 Å². The van der Waals surface area contributed by atoms with Crippen LogP contribution >= 0.6 is 0 Å². The van der Waals surface area contributed by atoms with E-state index in [4.69, 9.17) is 9.47 Å². The molecular formula is C18H29N3O4. The first-order valence-corrected chi connectivity index (χ1v) is 9.06. The van der Waals surface area contributed by atoms with E-state index in [0.29, 0.717) is 26.1 Å². The number of hydrogen-bond acceptors (Lipinski definition) is 5. The molecule has 1 N–H and O–H groups in total. The Morgan fingerprint density at radius 2 is 2.04 bits per heavy atom. The molecule has 140 valence electrons. The van der Waals surface area contributed by atoms with Crippen molar-refractivity contribution >= 4 is 6.09 Å². The quantitative estimate of drug-likeness (QED) is 0.904. The first-order chi connectivity index (χ1) is 11.7. The highest BCUT2D eigenvalue weighted by atomic mass is 16.6. The number of aliphatic hydroxyl groups is 1. The Morgan fingerprint density at radius 3 is 2.60 bits per heavy atom. The average molecular weight is 351 g/mol. The van der Waals surface area contributed by atoms with E-state index >= 15 is 0 Å². The molecule has 0 radical (unpaired) electrons. The minimum Gasteiger partial charge on any atom is -0.444 e. The summed E-state index contributed by atoms with van der Waals surface area (Å²) >= 11 is 0. The van der Waals surface area contributed by atoms with E-state index in [-0.39, 0.29) is 18.2 Å². The lowest BCUT2D eigenvalue weighted by molar-refractivity contribution is -0.141. The van der Waals surface area contributed by atoms with Gasteiger partial charge in [-0.2, -0.15) is 5.10 Å². The van der Waals surface area contributed by atoms with Gasteiger partial charge in [0.15, 0.2) is 0 Å². The number of aromatic nitrogens is 2. The summed E-state index contributed by atoms with van der Waals surface area (Å²) in [7, 11) is 0. The number of fused-ring (bicyclic) bond motifs is 2. The number of carbonyl (C=O) groups excluding carboxylic acids is 1. The van der Waals surface area contributed by atoms with Crippen molar-refractivity contribution in [3.8, 4) is 0 Å². The van der Waals surface area contributed by atoms with Crippen LogP contribution in [0.4, 0.5) is 4.79 Å². The fourth-order valence-corrected chi connectivity index (χ4v) is 3.78. The standard InChI is InChI=1S/C18H29N3O4/c1-5-6-20-10-13(9-19-20)18(23)7-14-11-24-12-15(8-18)21(14)16(22)25-17(2,3)4/h9-10,14-15,23H,5-8,11-12H2,1-4H3. The molecule has 2 aliphatic rings. The van der Waals surface area contributed by atoms with E-state index in [1.165, 1.54) is 0 Å². The van der Waals surface area contributed by atoms with Gasteiger partial charge in [0.25, 0.3) is 0 Å². The maximum absolute atomic E-state index is 12.6. The third-order valence-electron chi connectivity index (χ3n) is 4.78. The van der Waals surface area contributed by atoms with Crippen LogP contribution in [0.3, 0.4) is 0 Å². The molecule has 3 heterocycles. The number of hydrogen-bond donors (Lipinski definition) is 1. The number of amides is 1. The zero-order valence-electron chi connectivity index (χ0n) is 15.6. The maximum atomic E-state index is 12.6. The summed E-state index contributed by atoms with van der Waals surface area (Å²) in [5, 5.41) is 15.6. The van der Waals surface area contributed by atoms with Crippen LogP contribution in [-0.2, 0) is 21.6 Å².